The third-order valence-corrected chi connectivity index (χ3v) is 3.97. The maximum absolute atomic E-state index is 12.0. The number of nitrogens with one attached hydrogen (secondary N) is 2. The highest BCUT2D eigenvalue weighted by Gasteiger charge is 2.21. The molecule has 0 saturated heterocycles. The fraction of sp³-hybridized carbons (Fsp3) is 0.400. The van der Waals surface area contributed by atoms with Crippen molar-refractivity contribution in [3.8, 4) is 0 Å². The first kappa shape index (κ1) is 18.8. The summed E-state index contributed by atoms with van der Waals surface area (Å²) in [5.41, 5.74) is 2.66. The smallest absolute Gasteiger partial charge is 0.230 e. The number of hydrogen-bond donors (Lipinski definition) is 2. The van der Waals surface area contributed by atoms with E-state index in [2.05, 4.69) is 58.6 Å². The van der Waals surface area contributed by atoms with E-state index in [0.717, 1.165) is 24.5 Å². The van der Waals surface area contributed by atoms with Crippen LogP contribution in [-0.4, -0.2) is 24.0 Å². The van der Waals surface area contributed by atoms with Crippen molar-refractivity contribution in [1.82, 2.24) is 4.98 Å². The van der Waals surface area contributed by atoms with Crippen LogP contribution in [0.2, 0.25) is 0 Å². The van der Waals surface area contributed by atoms with Gasteiger partial charge in [-0.25, -0.2) is 4.98 Å². The minimum Gasteiger partial charge on any atom is -0.372 e. The van der Waals surface area contributed by atoms with E-state index in [9.17, 15) is 4.79 Å². The van der Waals surface area contributed by atoms with E-state index < -0.39 is 5.41 Å². The monoisotopic (exact) mass is 340 g/mol. The summed E-state index contributed by atoms with van der Waals surface area (Å²) in [6.07, 6.45) is 1.72. The summed E-state index contributed by atoms with van der Waals surface area (Å²) in [6, 6.07) is 12.0. The van der Waals surface area contributed by atoms with Gasteiger partial charge in [-0.2, -0.15) is 0 Å². The number of benzene rings is 1. The molecule has 5 nitrogen and oxygen atoms in total. The lowest BCUT2D eigenvalue weighted by molar-refractivity contribution is -0.123. The molecule has 0 aliphatic rings. The second-order valence-electron chi connectivity index (χ2n) is 6.98. The molecule has 5 heteroatoms. The normalized spacial score (nSPS) is 11.1. The highest BCUT2D eigenvalue weighted by molar-refractivity contribution is 5.93. The van der Waals surface area contributed by atoms with E-state index in [-0.39, 0.29) is 5.91 Å². The van der Waals surface area contributed by atoms with Gasteiger partial charge in [0.15, 0.2) is 0 Å². The summed E-state index contributed by atoms with van der Waals surface area (Å²) in [5.74, 6) is 0.509. The number of anilines is 4. The number of amides is 1. The summed E-state index contributed by atoms with van der Waals surface area (Å²) in [7, 11) is 0. The van der Waals surface area contributed by atoms with Gasteiger partial charge in [0.1, 0.15) is 5.82 Å². The zero-order chi connectivity index (χ0) is 18.4. The van der Waals surface area contributed by atoms with E-state index in [4.69, 9.17) is 0 Å². The number of carbonyl (C=O) groups excluding carboxylic acids is 1. The Labute approximate surface area is 150 Å². The molecule has 0 saturated carbocycles. The lowest BCUT2D eigenvalue weighted by Gasteiger charge is -2.21. The number of pyridine rings is 1. The van der Waals surface area contributed by atoms with Crippen molar-refractivity contribution in [3.05, 3.63) is 42.6 Å². The largest absolute Gasteiger partial charge is 0.372 e. The van der Waals surface area contributed by atoms with Crippen molar-refractivity contribution in [3.63, 3.8) is 0 Å². The minimum atomic E-state index is -0.439. The molecule has 1 heterocycles. The number of carbonyl (C=O) groups is 1. The van der Waals surface area contributed by atoms with E-state index in [0.29, 0.717) is 5.82 Å². The second kappa shape index (κ2) is 8.01. The molecule has 0 aliphatic heterocycles. The Hall–Kier alpha value is -2.56. The molecule has 2 N–H and O–H groups in total. The Morgan fingerprint density at radius 3 is 2.08 bits per heavy atom. The van der Waals surface area contributed by atoms with Crippen LogP contribution in [0.5, 0.6) is 0 Å². The van der Waals surface area contributed by atoms with Crippen molar-refractivity contribution in [2.75, 3.05) is 28.6 Å². The zero-order valence-electron chi connectivity index (χ0n) is 15.8. The van der Waals surface area contributed by atoms with E-state index in [1.807, 2.05) is 26.8 Å². The highest BCUT2D eigenvalue weighted by Crippen LogP contribution is 2.22. The number of hydrogen-bond acceptors (Lipinski definition) is 4. The Kier molecular flexibility index (Phi) is 6.02. The van der Waals surface area contributed by atoms with Crippen molar-refractivity contribution in [1.29, 1.82) is 0 Å². The summed E-state index contributed by atoms with van der Waals surface area (Å²) in [6.45, 7) is 11.9. The molecule has 2 rings (SSSR count). The number of aromatic nitrogens is 1. The molecular formula is C20H28N4O. The van der Waals surface area contributed by atoms with Crippen LogP contribution in [0.25, 0.3) is 0 Å². The van der Waals surface area contributed by atoms with E-state index in [1.165, 1.54) is 5.69 Å². The van der Waals surface area contributed by atoms with Crippen LogP contribution in [0, 0.1) is 5.41 Å². The fourth-order valence-electron chi connectivity index (χ4n) is 2.36. The molecule has 0 aliphatic carbocycles. The molecule has 0 radical (unpaired) electrons. The maximum Gasteiger partial charge on any atom is 0.230 e. The Balaban J connectivity index is 2.00. The van der Waals surface area contributed by atoms with Crippen molar-refractivity contribution in [2.45, 2.75) is 34.6 Å². The predicted octanol–water partition coefficient (Wildman–Crippen LogP) is 4.66. The van der Waals surface area contributed by atoms with Crippen LogP contribution in [0.1, 0.15) is 34.6 Å². The molecule has 0 fully saturated rings. The standard InChI is InChI=1S/C20H28N4O/c1-6-24(7-2)17-11-8-15(9-12-17)22-16-10-13-18(21-14-16)23-19(25)20(3,4)5/h8-14,22H,6-7H2,1-5H3,(H,21,23,25). The molecule has 0 spiro atoms. The number of nitrogens with zero attached hydrogens (tertiary/aromatic N) is 2. The molecule has 25 heavy (non-hydrogen) atoms. The molecule has 1 aromatic heterocycles. The van der Waals surface area contributed by atoms with Gasteiger partial charge in [0.2, 0.25) is 5.91 Å². The van der Waals surface area contributed by atoms with Gasteiger partial charge in [0.25, 0.3) is 0 Å². The average molecular weight is 340 g/mol. The maximum atomic E-state index is 12.0. The quantitative estimate of drug-likeness (QED) is 0.803. The van der Waals surface area contributed by atoms with Crippen molar-refractivity contribution >= 4 is 28.8 Å². The van der Waals surface area contributed by atoms with Crippen molar-refractivity contribution in [2.24, 2.45) is 5.41 Å². The third kappa shape index (κ3) is 5.21. The zero-order valence-corrected chi connectivity index (χ0v) is 15.8. The first-order valence-electron chi connectivity index (χ1n) is 8.73. The van der Waals surface area contributed by atoms with Gasteiger partial charge in [0, 0.05) is 29.9 Å². The topological polar surface area (TPSA) is 57.3 Å². The van der Waals surface area contributed by atoms with Crippen LogP contribution in [0.15, 0.2) is 42.6 Å². The van der Waals surface area contributed by atoms with Gasteiger partial charge in [-0.15, -0.1) is 0 Å². The van der Waals surface area contributed by atoms with Gasteiger partial charge < -0.3 is 15.5 Å². The number of rotatable bonds is 6. The van der Waals surface area contributed by atoms with Crippen LogP contribution in [0.3, 0.4) is 0 Å². The van der Waals surface area contributed by atoms with Crippen LogP contribution < -0.4 is 15.5 Å². The lowest BCUT2D eigenvalue weighted by Crippen LogP contribution is -2.27. The van der Waals surface area contributed by atoms with Gasteiger partial charge in [0.05, 0.1) is 11.9 Å². The van der Waals surface area contributed by atoms with E-state index >= 15 is 0 Å². The summed E-state index contributed by atoms with van der Waals surface area (Å²) in [4.78, 5) is 18.6. The Morgan fingerprint density at radius 2 is 1.60 bits per heavy atom. The first-order chi connectivity index (χ1) is 11.8. The third-order valence-electron chi connectivity index (χ3n) is 3.97. The summed E-state index contributed by atoms with van der Waals surface area (Å²) in [5, 5.41) is 6.15. The van der Waals surface area contributed by atoms with Crippen LogP contribution in [-0.2, 0) is 4.79 Å². The fourth-order valence-corrected chi connectivity index (χ4v) is 2.36. The molecule has 134 valence electrons. The van der Waals surface area contributed by atoms with Gasteiger partial charge in [-0.3, -0.25) is 4.79 Å². The van der Waals surface area contributed by atoms with Gasteiger partial charge in [-0.1, -0.05) is 20.8 Å². The molecule has 1 amide bonds. The second-order valence-corrected chi connectivity index (χ2v) is 6.98. The highest BCUT2D eigenvalue weighted by atomic mass is 16.2. The average Bonchev–Trinajstić information content (AvgIpc) is 2.58. The first-order valence-corrected chi connectivity index (χ1v) is 8.73. The lowest BCUT2D eigenvalue weighted by atomic mass is 9.96. The van der Waals surface area contributed by atoms with Crippen molar-refractivity contribution < 1.29 is 4.79 Å². The Bertz CT molecular complexity index is 683. The molecule has 1 aromatic carbocycles. The molecule has 0 unspecified atom stereocenters. The minimum absolute atomic E-state index is 0.0484. The molecule has 0 bridgehead atoms. The van der Waals surface area contributed by atoms with Crippen LogP contribution in [0.4, 0.5) is 22.9 Å². The summed E-state index contributed by atoms with van der Waals surface area (Å²) >= 11 is 0. The van der Waals surface area contributed by atoms with Gasteiger partial charge in [-0.05, 0) is 50.2 Å². The predicted molar refractivity (Wildman–Crippen MR) is 106 cm³/mol. The summed E-state index contributed by atoms with van der Waals surface area (Å²) < 4.78 is 0. The van der Waals surface area contributed by atoms with E-state index in [1.54, 1.807) is 12.3 Å². The Morgan fingerprint density at radius 1 is 1.00 bits per heavy atom. The van der Waals surface area contributed by atoms with Gasteiger partial charge >= 0.3 is 0 Å². The molecule has 2 aromatic rings. The van der Waals surface area contributed by atoms with Crippen LogP contribution >= 0.6 is 0 Å². The molecular weight excluding hydrogens is 312 g/mol. The molecule has 0 atom stereocenters. The SMILES string of the molecule is CCN(CC)c1ccc(Nc2ccc(NC(=O)C(C)(C)C)nc2)cc1.